The number of carboxylic acid groups (broad SMARTS) is 1. The third-order valence-corrected chi connectivity index (χ3v) is 4.32. The molecule has 1 fully saturated rings. The van der Waals surface area contributed by atoms with E-state index in [1.165, 1.54) is 5.56 Å². The number of carbonyl (C=O) groups is 2. The zero-order valence-electron chi connectivity index (χ0n) is 14.5. The average molecular weight is 334 g/mol. The van der Waals surface area contributed by atoms with Crippen molar-refractivity contribution in [1.29, 1.82) is 0 Å². The SMILES string of the molecule is CC(NC(=O)N1CCC(C(=O)O)CC1)Oc1ccc(C(C)C)cc1. The molecule has 132 valence electrons. The minimum Gasteiger partial charge on any atom is -0.481 e. The molecule has 1 aliphatic rings. The van der Waals surface area contributed by atoms with E-state index in [-0.39, 0.29) is 11.9 Å². The van der Waals surface area contributed by atoms with E-state index >= 15 is 0 Å². The van der Waals surface area contributed by atoms with Gasteiger partial charge in [-0.15, -0.1) is 0 Å². The molecule has 1 aromatic rings. The summed E-state index contributed by atoms with van der Waals surface area (Å²) in [5.74, 6) is 0.0421. The summed E-state index contributed by atoms with van der Waals surface area (Å²) in [6.07, 6.45) is 0.531. The van der Waals surface area contributed by atoms with Crippen molar-refractivity contribution in [2.75, 3.05) is 13.1 Å². The minimum absolute atomic E-state index is 0.217. The number of hydrogen-bond acceptors (Lipinski definition) is 3. The van der Waals surface area contributed by atoms with Crippen LogP contribution in [0.1, 0.15) is 45.1 Å². The highest BCUT2D eigenvalue weighted by molar-refractivity contribution is 5.75. The van der Waals surface area contributed by atoms with Gasteiger partial charge < -0.3 is 20.1 Å². The number of urea groups is 1. The minimum atomic E-state index is -0.781. The van der Waals surface area contributed by atoms with E-state index in [0.29, 0.717) is 37.6 Å². The first-order chi connectivity index (χ1) is 11.4. The molecule has 1 aliphatic heterocycles. The van der Waals surface area contributed by atoms with Gasteiger partial charge in [0.1, 0.15) is 5.75 Å². The van der Waals surface area contributed by atoms with E-state index in [1.54, 1.807) is 11.8 Å². The number of hydrogen-bond donors (Lipinski definition) is 2. The third kappa shape index (κ3) is 4.88. The number of nitrogens with zero attached hydrogens (tertiary/aromatic N) is 1. The van der Waals surface area contributed by atoms with Gasteiger partial charge in [-0.25, -0.2) is 4.79 Å². The summed E-state index contributed by atoms with van der Waals surface area (Å²) in [7, 11) is 0. The summed E-state index contributed by atoms with van der Waals surface area (Å²) in [4.78, 5) is 24.8. The van der Waals surface area contributed by atoms with E-state index < -0.39 is 12.2 Å². The van der Waals surface area contributed by atoms with E-state index in [2.05, 4.69) is 19.2 Å². The zero-order valence-corrected chi connectivity index (χ0v) is 14.5. The number of carboxylic acids is 1. The molecule has 2 N–H and O–H groups in total. The van der Waals surface area contributed by atoms with Crippen molar-refractivity contribution in [2.45, 2.75) is 45.8 Å². The van der Waals surface area contributed by atoms with Crippen LogP contribution in [0.25, 0.3) is 0 Å². The molecule has 1 atom stereocenters. The Kier molecular flexibility index (Phi) is 6.06. The summed E-state index contributed by atoms with van der Waals surface area (Å²) < 4.78 is 5.72. The standard InChI is InChI=1S/C18H26N2O4/c1-12(2)14-4-6-16(7-5-14)24-13(3)19-18(23)20-10-8-15(9-11-20)17(21)22/h4-7,12-13,15H,8-11H2,1-3H3,(H,19,23)(H,21,22). The molecule has 6 nitrogen and oxygen atoms in total. The Labute approximate surface area is 142 Å². The number of ether oxygens (including phenoxy) is 1. The van der Waals surface area contributed by atoms with E-state index in [0.717, 1.165) is 0 Å². The van der Waals surface area contributed by atoms with Gasteiger partial charge in [-0.3, -0.25) is 4.79 Å². The molecule has 0 aromatic heterocycles. The first-order valence-corrected chi connectivity index (χ1v) is 8.41. The number of likely N-dealkylation sites (tertiary alicyclic amines) is 1. The van der Waals surface area contributed by atoms with E-state index in [1.807, 2.05) is 24.3 Å². The first kappa shape index (κ1) is 18.1. The molecule has 0 radical (unpaired) electrons. The number of nitrogens with one attached hydrogen (secondary N) is 1. The summed E-state index contributed by atoms with van der Waals surface area (Å²) in [5.41, 5.74) is 1.24. The van der Waals surface area contributed by atoms with Crippen LogP contribution in [0.4, 0.5) is 4.79 Å². The second kappa shape index (κ2) is 8.04. The highest BCUT2D eigenvalue weighted by Gasteiger charge is 2.27. The average Bonchev–Trinajstić information content (AvgIpc) is 2.55. The van der Waals surface area contributed by atoms with Crippen molar-refractivity contribution >= 4 is 12.0 Å². The third-order valence-electron chi connectivity index (χ3n) is 4.32. The van der Waals surface area contributed by atoms with Gasteiger partial charge in [0.25, 0.3) is 0 Å². The second-order valence-corrected chi connectivity index (χ2v) is 6.53. The van der Waals surface area contributed by atoms with Crippen LogP contribution >= 0.6 is 0 Å². The number of amides is 2. The Morgan fingerprint density at radius 1 is 1.17 bits per heavy atom. The summed E-state index contributed by atoms with van der Waals surface area (Å²) in [6.45, 7) is 6.95. The monoisotopic (exact) mass is 334 g/mol. The van der Waals surface area contributed by atoms with Crippen molar-refractivity contribution in [3.63, 3.8) is 0 Å². The van der Waals surface area contributed by atoms with Crippen LogP contribution in [0.3, 0.4) is 0 Å². The highest BCUT2D eigenvalue weighted by atomic mass is 16.5. The normalized spacial score (nSPS) is 16.8. The van der Waals surface area contributed by atoms with Gasteiger partial charge in [-0.1, -0.05) is 26.0 Å². The molecular weight excluding hydrogens is 308 g/mol. The predicted molar refractivity (Wildman–Crippen MR) is 91.1 cm³/mol. The predicted octanol–water partition coefficient (Wildman–Crippen LogP) is 3.04. The van der Waals surface area contributed by atoms with Crippen molar-refractivity contribution in [3.05, 3.63) is 29.8 Å². The van der Waals surface area contributed by atoms with Crippen molar-refractivity contribution in [2.24, 2.45) is 5.92 Å². The molecule has 2 amide bonds. The highest BCUT2D eigenvalue weighted by Crippen LogP contribution is 2.20. The van der Waals surface area contributed by atoms with Gasteiger partial charge >= 0.3 is 12.0 Å². The van der Waals surface area contributed by atoms with Crippen molar-refractivity contribution < 1.29 is 19.4 Å². The fourth-order valence-electron chi connectivity index (χ4n) is 2.76. The number of benzene rings is 1. The lowest BCUT2D eigenvalue weighted by molar-refractivity contribution is -0.143. The number of rotatable bonds is 5. The molecule has 0 saturated carbocycles. The molecule has 1 saturated heterocycles. The lowest BCUT2D eigenvalue weighted by Crippen LogP contribution is -2.49. The maximum atomic E-state index is 12.2. The Morgan fingerprint density at radius 3 is 2.25 bits per heavy atom. The first-order valence-electron chi connectivity index (χ1n) is 8.41. The summed E-state index contributed by atoms with van der Waals surface area (Å²) in [6, 6.07) is 7.62. The summed E-state index contributed by atoms with van der Waals surface area (Å²) in [5, 5.41) is 11.8. The Bertz CT molecular complexity index is 563. The quantitative estimate of drug-likeness (QED) is 0.811. The van der Waals surface area contributed by atoms with Gasteiger partial charge in [0.05, 0.1) is 5.92 Å². The molecule has 1 heterocycles. The molecule has 24 heavy (non-hydrogen) atoms. The number of carbonyl (C=O) groups excluding carboxylic acids is 1. The Morgan fingerprint density at radius 2 is 1.75 bits per heavy atom. The van der Waals surface area contributed by atoms with Crippen LogP contribution in [0, 0.1) is 5.92 Å². The maximum Gasteiger partial charge on any atom is 0.320 e. The van der Waals surface area contributed by atoms with Gasteiger partial charge in [0.2, 0.25) is 0 Å². The van der Waals surface area contributed by atoms with E-state index in [9.17, 15) is 9.59 Å². The van der Waals surface area contributed by atoms with Crippen molar-refractivity contribution in [3.8, 4) is 5.75 Å². The summed E-state index contributed by atoms with van der Waals surface area (Å²) >= 11 is 0. The zero-order chi connectivity index (χ0) is 17.7. The fourth-order valence-corrected chi connectivity index (χ4v) is 2.76. The van der Waals surface area contributed by atoms with Gasteiger partial charge in [-0.05, 0) is 43.4 Å². The lowest BCUT2D eigenvalue weighted by atomic mass is 9.97. The molecule has 1 aromatic carbocycles. The van der Waals surface area contributed by atoms with Gasteiger partial charge in [0.15, 0.2) is 6.23 Å². The Balaban J connectivity index is 1.80. The molecule has 6 heteroatoms. The molecule has 2 rings (SSSR count). The van der Waals surface area contributed by atoms with Crippen LogP contribution in [0.15, 0.2) is 24.3 Å². The topological polar surface area (TPSA) is 78.9 Å². The second-order valence-electron chi connectivity index (χ2n) is 6.53. The molecule has 1 unspecified atom stereocenters. The smallest absolute Gasteiger partial charge is 0.320 e. The number of aliphatic carboxylic acids is 1. The Hall–Kier alpha value is -2.24. The van der Waals surface area contributed by atoms with Crippen LogP contribution < -0.4 is 10.1 Å². The largest absolute Gasteiger partial charge is 0.481 e. The van der Waals surface area contributed by atoms with Crippen LogP contribution in [-0.4, -0.2) is 41.3 Å². The van der Waals surface area contributed by atoms with Crippen molar-refractivity contribution in [1.82, 2.24) is 10.2 Å². The van der Waals surface area contributed by atoms with Gasteiger partial charge in [-0.2, -0.15) is 0 Å². The fraction of sp³-hybridized carbons (Fsp3) is 0.556. The van der Waals surface area contributed by atoms with E-state index in [4.69, 9.17) is 9.84 Å². The molecule has 0 spiro atoms. The maximum absolute atomic E-state index is 12.2. The van der Waals surface area contributed by atoms with Gasteiger partial charge in [0, 0.05) is 13.1 Å². The number of piperidine rings is 1. The molecule has 0 bridgehead atoms. The van der Waals surface area contributed by atoms with Crippen LogP contribution in [0.2, 0.25) is 0 Å². The molecule has 0 aliphatic carbocycles. The van der Waals surface area contributed by atoms with Crippen LogP contribution in [0.5, 0.6) is 5.75 Å². The lowest BCUT2D eigenvalue weighted by Gasteiger charge is -2.31. The van der Waals surface area contributed by atoms with Crippen LogP contribution in [-0.2, 0) is 4.79 Å². The molecular formula is C18H26N2O4.